The summed E-state index contributed by atoms with van der Waals surface area (Å²) in [5, 5.41) is 5.52. The molecular weight excluding hydrogens is 391 g/mol. The van der Waals surface area contributed by atoms with Crippen LogP contribution in [0.5, 0.6) is 0 Å². The number of alkyl halides is 1. The van der Waals surface area contributed by atoms with E-state index in [1.165, 1.54) is 0 Å². The Morgan fingerprint density at radius 1 is 1.13 bits per heavy atom. The van der Waals surface area contributed by atoms with E-state index in [-0.39, 0.29) is 36.6 Å². The lowest BCUT2D eigenvalue weighted by molar-refractivity contribution is -0.136. The van der Waals surface area contributed by atoms with Gasteiger partial charge in [0.15, 0.2) is 0 Å². The Labute approximate surface area is 173 Å². The molecule has 3 aliphatic heterocycles. The zero-order valence-corrected chi connectivity index (χ0v) is 16.7. The number of carbonyl (C=O) groups excluding carboxylic acids is 4. The van der Waals surface area contributed by atoms with Crippen LogP contribution in [0.1, 0.15) is 52.0 Å². The average Bonchev–Trinajstić information content (AvgIpc) is 3.00. The van der Waals surface area contributed by atoms with Crippen LogP contribution in [-0.4, -0.2) is 71.8 Å². The van der Waals surface area contributed by atoms with Gasteiger partial charge in [0.1, 0.15) is 12.7 Å². The molecule has 1 aromatic rings. The molecule has 2 atom stereocenters. The van der Waals surface area contributed by atoms with Crippen LogP contribution >= 0.6 is 0 Å². The fourth-order valence-electron chi connectivity index (χ4n) is 4.58. The molecule has 2 saturated heterocycles. The van der Waals surface area contributed by atoms with Gasteiger partial charge in [-0.1, -0.05) is 12.1 Å². The predicted octanol–water partition coefficient (Wildman–Crippen LogP) is 0.611. The van der Waals surface area contributed by atoms with Crippen molar-refractivity contribution in [3.8, 4) is 0 Å². The summed E-state index contributed by atoms with van der Waals surface area (Å²) in [5.74, 6) is -2.09. The summed E-state index contributed by atoms with van der Waals surface area (Å²) in [6.45, 7) is 1.79. The molecule has 0 radical (unpaired) electrons. The van der Waals surface area contributed by atoms with Gasteiger partial charge < -0.3 is 5.32 Å². The number of amides is 4. The van der Waals surface area contributed by atoms with E-state index in [4.69, 9.17) is 0 Å². The maximum atomic E-state index is 13.2. The third-order valence-corrected chi connectivity index (χ3v) is 6.09. The van der Waals surface area contributed by atoms with Crippen LogP contribution in [0.25, 0.3) is 0 Å². The van der Waals surface area contributed by atoms with Crippen molar-refractivity contribution in [2.75, 3.05) is 26.3 Å². The fraction of sp³-hybridized carbons (Fsp3) is 0.524. The summed E-state index contributed by atoms with van der Waals surface area (Å²) in [7, 11) is 0. The highest BCUT2D eigenvalue weighted by Crippen LogP contribution is 2.31. The van der Waals surface area contributed by atoms with Crippen molar-refractivity contribution in [1.29, 1.82) is 0 Å². The molecule has 8 nitrogen and oxygen atoms in total. The summed E-state index contributed by atoms with van der Waals surface area (Å²) in [4.78, 5) is 52.8. The molecule has 2 N–H and O–H groups in total. The van der Waals surface area contributed by atoms with Gasteiger partial charge >= 0.3 is 0 Å². The standard InChI is InChI=1S/C21H25FN4O4/c22-8-10-25(14-4-2-9-23-11-14)12-13-3-1-5-15-18(13)21(30)26(20(15)29)16-6-7-17(27)24-19(16)28/h1,3,5,14,16,23H,2,4,6-12H2,(H,24,27,28). The van der Waals surface area contributed by atoms with E-state index >= 15 is 0 Å². The minimum absolute atomic E-state index is 0.0790. The first-order valence-electron chi connectivity index (χ1n) is 10.4. The van der Waals surface area contributed by atoms with Crippen LogP contribution < -0.4 is 10.6 Å². The second-order valence-electron chi connectivity index (χ2n) is 7.95. The molecule has 3 aliphatic rings. The van der Waals surface area contributed by atoms with E-state index in [0.29, 0.717) is 12.1 Å². The molecule has 3 heterocycles. The first-order valence-corrected chi connectivity index (χ1v) is 10.4. The van der Waals surface area contributed by atoms with Gasteiger partial charge in [0.05, 0.1) is 11.1 Å². The summed E-state index contributed by atoms with van der Waals surface area (Å²) < 4.78 is 13.2. The Bertz CT molecular complexity index is 884. The van der Waals surface area contributed by atoms with Crippen molar-refractivity contribution in [3.05, 3.63) is 34.9 Å². The number of halogens is 1. The summed E-state index contributed by atoms with van der Waals surface area (Å²) >= 11 is 0. The first kappa shape index (κ1) is 20.6. The monoisotopic (exact) mass is 416 g/mol. The number of hydrogen-bond donors (Lipinski definition) is 2. The van der Waals surface area contributed by atoms with Crippen LogP contribution in [0.3, 0.4) is 0 Å². The van der Waals surface area contributed by atoms with Gasteiger partial charge in [0.25, 0.3) is 11.8 Å². The van der Waals surface area contributed by atoms with Gasteiger partial charge in [-0.25, -0.2) is 4.39 Å². The molecule has 0 saturated carbocycles. The van der Waals surface area contributed by atoms with Gasteiger partial charge in [-0.3, -0.25) is 34.3 Å². The highest BCUT2D eigenvalue weighted by molar-refractivity contribution is 6.24. The largest absolute Gasteiger partial charge is 0.315 e. The first-order chi connectivity index (χ1) is 14.5. The van der Waals surface area contributed by atoms with E-state index in [9.17, 15) is 23.6 Å². The average molecular weight is 416 g/mol. The van der Waals surface area contributed by atoms with Gasteiger partial charge in [-0.2, -0.15) is 0 Å². The maximum Gasteiger partial charge on any atom is 0.262 e. The Hall–Kier alpha value is -2.65. The number of fused-ring (bicyclic) bond motifs is 1. The van der Waals surface area contributed by atoms with Crippen molar-refractivity contribution in [3.63, 3.8) is 0 Å². The number of nitrogens with zero attached hydrogens (tertiary/aromatic N) is 2. The van der Waals surface area contributed by atoms with Crippen LogP contribution in [-0.2, 0) is 16.1 Å². The summed E-state index contributed by atoms with van der Waals surface area (Å²) in [5.41, 5.74) is 1.18. The van der Waals surface area contributed by atoms with Crippen molar-refractivity contribution in [2.24, 2.45) is 0 Å². The van der Waals surface area contributed by atoms with Crippen LogP contribution in [0.15, 0.2) is 18.2 Å². The lowest BCUT2D eigenvalue weighted by atomic mass is 10.00. The normalized spacial score (nSPS) is 24.4. The van der Waals surface area contributed by atoms with Crippen LogP contribution in [0.2, 0.25) is 0 Å². The van der Waals surface area contributed by atoms with Crippen molar-refractivity contribution >= 4 is 23.6 Å². The molecule has 0 aliphatic carbocycles. The number of imide groups is 2. The van der Waals surface area contributed by atoms with Gasteiger partial charge in [-0.05, 0) is 37.4 Å². The van der Waals surface area contributed by atoms with E-state index in [2.05, 4.69) is 10.6 Å². The minimum Gasteiger partial charge on any atom is -0.315 e. The van der Waals surface area contributed by atoms with E-state index in [1.54, 1.807) is 18.2 Å². The van der Waals surface area contributed by atoms with Crippen molar-refractivity contribution in [1.82, 2.24) is 20.4 Å². The molecule has 9 heteroatoms. The third-order valence-electron chi connectivity index (χ3n) is 6.09. The number of carbonyl (C=O) groups is 4. The topological polar surface area (TPSA) is 98.8 Å². The minimum atomic E-state index is -0.993. The Morgan fingerprint density at radius 3 is 2.67 bits per heavy atom. The summed E-state index contributed by atoms with van der Waals surface area (Å²) in [6, 6.07) is 4.22. The smallest absolute Gasteiger partial charge is 0.262 e. The van der Waals surface area contributed by atoms with E-state index in [1.807, 2.05) is 4.90 Å². The van der Waals surface area contributed by atoms with Crippen molar-refractivity contribution in [2.45, 2.75) is 44.3 Å². The van der Waals surface area contributed by atoms with E-state index in [0.717, 1.165) is 30.8 Å². The lowest BCUT2D eigenvalue weighted by Crippen LogP contribution is -2.54. The van der Waals surface area contributed by atoms with Gasteiger partial charge in [0, 0.05) is 32.1 Å². The molecule has 30 heavy (non-hydrogen) atoms. The summed E-state index contributed by atoms with van der Waals surface area (Å²) in [6.07, 6.45) is 2.14. The Balaban J connectivity index is 1.61. The number of rotatable bonds is 6. The fourth-order valence-corrected chi connectivity index (χ4v) is 4.58. The SMILES string of the molecule is O=C1CCC(N2C(=O)c3cccc(CN(CCF)C4CCCNC4)c3C2=O)C(=O)N1. The molecule has 2 fully saturated rings. The highest BCUT2D eigenvalue weighted by Gasteiger charge is 2.45. The van der Waals surface area contributed by atoms with Gasteiger partial charge in [-0.15, -0.1) is 0 Å². The molecular formula is C21H25FN4O4. The Kier molecular flexibility index (Phi) is 5.92. The quantitative estimate of drug-likeness (QED) is 0.660. The van der Waals surface area contributed by atoms with Crippen LogP contribution in [0.4, 0.5) is 4.39 Å². The zero-order chi connectivity index (χ0) is 21.3. The number of piperidine rings is 2. The number of benzene rings is 1. The molecule has 4 rings (SSSR count). The maximum absolute atomic E-state index is 13.2. The van der Waals surface area contributed by atoms with Gasteiger partial charge in [0.2, 0.25) is 11.8 Å². The van der Waals surface area contributed by atoms with Crippen molar-refractivity contribution < 1.29 is 23.6 Å². The zero-order valence-electron chi connectivity index (χ0n) is 16.7. The molecule has 0 aromatic heterocycles. The number of hydrogen-bond acceptors (Lipinski definition) is 6. The molecule has 160 valence electrons. The third kappa shape index (κ3) is 3.75. The number of nitrogens with one attached hydrogen (secondary N) is 2. The van der Waals surface area contributed by atoms with Crippen LogP contribution in [0, 0.1) is 0 Å². The Morgan fingerprint density at radius 2 is 1.97 bits per heavy atom. The molecule has 4 amide bonds. The highest BCUT2D eigenvalue weighted by atomic mass is 19.1. The van der Waals surface area contributed by atoms with E-state index < -0.39 is 36.3 Å². The predicted molar refractivity (Wildman–Crippen MR) is 105 cm³/mol. The molecule has 0 spiro atoms. The molecule has 0 bridgehead atoms. The lowest BCUT2D eigenvalue weighted by Gasteiger charge is -2.34. The second-order valence-corrected chi connectivity index (χ2v) is 7.95. The molecule has 1 aromatic carbocycles. The molecule has 2 unspecified atom stereocenters. The second kappa shape index (κ2) is 8.61.